The van der Waals surface area contributed by atoms with Gasteiger partial charge in [0.15, 0.2) is 0 Å². The summed E-state index contributed by atoms with van der Waals surface area (Å²) < 4.78 is 5.22. The molecule has 0 aliphatic heterocycles. The lowest BCUT2D eigenvalue weighted by Crippen LogP contribution is -2.14. The van der Waals surface area contributed by atoms with Crippen molar-refractivity contribution in [2.24, 2.45) is 0 Å². The van der Waals surface area contributed by atoms with Gasteiger partial charge in [-0.1, -0.05) is 69.4 Å². The third-order valence-electron chi connectivity index (χ3n) is 4.37. The topological polar surface area (TPSA) is 55.4 Å². The van der Waals surface area contributed by atoms with Crippen molar-refractivity contribution in [2.75, 3.05) is 11.9 Å². The van der Waals surface area contributed by atoms with E-state index in [1.165, 1.54) is 37.0 Å². The number of carbonyl (C=O) groups excluding carboxylic acids is 2. The van der Waals surface area contributed by atoms with Gasteiger partial charge in [-0.15, -0.1) is 11.3 Å². The Morgan fingerprint density at radius 2 is 1.70 bits per heavy atom. The minimum atomic E-state index is -0.396. The van der Waals surface area contributed by atoms with Crippen molar-refractivity contribution >= 4 is 28.2 Å². The molecule has 1 aromatic carbocycles. The minimum absolute atomic E-state index is 0.0440. The first kappa shape index (κ1) is 21.2. The molecule has 0 aliphatic carbocycles. The number of thiophene rings is 1. The lowest BCUT2D eigenvalue weighted by molar-refractivity contribution is -0.116. The van der Waals surface area contributed by atoms with Crippen molar-refractivity contribution in [3.8, 4) is 11.1 Å². The monoisotopic (exact) mass is 387 g/mol. The SMILES string of the molecule is CCCCCCCCC(=O)Nc1scc(-c2ccccc2)c1C(=O)OCC. The fraction of sp³-hybridized carbons (Fsp3) is 0.455. The number of anilines is 1. The number of hydrogen-bond donors (Lipinski definition) is 1. The van der Waals surface area contributed by atoms with Crippen LogP contribution in [0.3, 0.4) is 0 Å². The lowest BCUT2D eigenvalue weighted by atomic mass is 10.0. The molecular formula is C22H29NO3S. The summed E-state index contributed by atoms with van der Waals surface area (Å²) in [5, 5.41) is 5.40. The molecule has 5 heteroatoms. The number of rotatable bonds is 11. The summed E-state index contributed by atoms with van der Waals surface area (Å²) in [5.41, 5.74) is 2.19. The Morgan fingerprint density at radius 3 is 2.41 bits per heavy atom. The number of unbranched alkanes of at least 4 members (excludes halogenated alkanes) is 5. The number of benzene rings is 1. The highest BCUT2D eigenvalue weighted by atomic mass is 32.1. The average Bonchev–Trinajstić information content (AvgIpc) is 3.09. The van der Waals surface area contributed by atoms with E-state index < -0.39 is 5.97 Å². The van der Waals surface area contributed by atoms with E-state index in [1.807, 2.05) is 35.7 Å². The summed E-state index contributed by atoms with van der Waals surface area (Å²) in [7, 11) is 0. The van der Waals surface area contributed by atoms with Gasteiger partial charge in [0.05, 0.1) is 6.61 Å². The molecule has 0 unspecified atom stereocenters. The van der Waals surface area contributed by atoms with Gasteiger partial charge in [-0.25, -0.2) is 4.79 Å². The number of amides is 1. The van der Waals surface area contributed by atoms with Crippen LogP contribution in [-0.2, 0) is 9.53 Å². The summed E-state index contributed by atoms with van der Waals surface area (Å²) in [6.45, 7) is 4.27. The second kappa shape index (κ2) is 11.5. The molecule has 0 bridgehead atoms. The zero-order chi connectivity index (χ0) is 19.5. The van der Waals surface area contributed by atoms with Crippen LogP contribution in [-0.4, -0.2) is 18.5 Å². The smallest absolute Gasteiger partial charge is 0.341 e. The Kier molecular flexibility index (Phi) is 9.05. The first-order valence-electron chi connectivity index (χ1n) is 9.81. The Bertz CT molecular complexity index is 724. The van der Waals surface area contributed by atoms with Crippen molar-refractivity contribution in [3.05, 3.63) is 41.3 Å². The second-order valence-electron chi connectivity index (χ2n) is 6.51. The van der Waals surface area contributed by atoms with Crippen LogP contribution in [0.4, 0.5) is 5.00 Å². The van der Waals surface area contributed by atoms with E-state index in [9.17, 15) is 9.59 Å². The Morgan fingerprint density at radius 1 is 1.00 bits per heavy atom. The van der Waals surface area contributed by atoms with Gasteiger partial charge in [0.2, 0.25) is 5.91 Å². The molecule has 0 radical (unpaired) electrons. The molecule has 0 aliphatic rings. The Hall–Kier alpha value is -2.14. The van der Waals surface area contributed by atoms with Gasteiger partial charge in [0.25, 0.3) is 0 Å². The fourth-order valence-corrected chi connectivity index (χ4v) is 3.91. The summed E-state index contributed by atoms with van der Waals surface area (Å²) in [4.78, 5) is 24.8. The van der Waals surface area contributed by atoms with Crippen LogP contribution in [0, 0.1) is 0 Å². The van der Waals surface area contributed by atoms with Crippen molar-refractivity contribution in [1.29, 1.82) is 0 Å². The number of nitrogens with one attached hydrogen (secondary N) is 1. The van der Waals surface area contributed by atoms with Crippen molar-refractivity contribution < 1.29 is 14.3 Å². The standard InChI is InChI=1S/C22H29NO3S/c1-3-5-6-7-8-12-15-19(24)23-21-20(22(25)26-4-2)18(16-27-21)17-13-10-9-11-14-17/h9-11,13-14,16H,3-8,12,15H2,1-2H3,(H,23,24). The summed E-state index contributed by atoms with van der Waals surface area (Å²) in [6.07, 6.45) is 7.31. The molecule has 0 spiro atoms. The van der Waals surface area contributed by atoms with E-state index in [0.717, 1.165) is 24.0 Å². The molecule has 4 nitrogen and oxygen atoms in total. The maximum Gasteiger partial charge on any atom is 0.341 e. The molecule has 0 fully saturated rings. The van der Waals surface area contributed by atoms with Crippen molar-refractivity contribution in [2.45, 2.75) is 58.8 Å². The average molecular weight is 388 g/mol. The number of hydrogen-bond acceptors (Lipinski definition) is 4. The van der Waals surface area contributed by atoms with Gasteiger partial charge >= 0.3 is 5.97 Å². The summed E-state index contributed by atoms with van der Waals surface area (Å²) in [6, 6.07) is 9.69. The molecule has 0 atom stereocenters. The van der Waals surface area contributed by atoms with Gasteiger partial charge in [-0.2, -0.15) is 0 Å². The van der Waals surface area contributed by atoms with Crippen LogP contribution in [0.25, 0.3) is 11.1 Å². The largest absolute Gasteiger partial charge is 0.462 e. The first-order chi connectivity index (χ1) is 13.2. The van der Waals surface area contributed by atoms with Gasteiger partial charge in [0.1, 0.15) is 10.6 Å². The Labute approximate surface area is 165 Å². The molecule has 1 heterocycles. The molecule has 0 saturated heterocycles. The third kappa shape index (κ3) is 6.51. The molecule has 2 rings (SSSR count). The van der Waals surface area contributed by atoms with Gasteiger partial charge in [0, 0.05) is 17.4 Å². The maximum atomic E-state index is 12.5. The van der Waals surface area contributed by atoms with Crippen LogP contribution >= 0.6 is 11.3 Å². The third-order valence-corrected chi connectivity index (χ3v) is 5.26. The van der Waals surface area contributed by atoms with Gasteiger partial charge < -0.3 is 10.1 Å². The van der Waals surface area contributed by atoms with Crippen LogP contribution in [0.15, 0.2) is 35.7 Å². The quantitative estimate of drug-likeness (QED) is 0.364. The first-order valence-corrected chi connectivity index (χ1v) is 10.7. The fourth-order valence-electron chi connectivity index (χ4n) is 2.94. The predicted molar refractivity (Wildman–Crippen MR) is 112 cm³/mol. The highest BCUT2D eigenvalue weighted by Crippen LogP contribution is 2.36. The van der Waals surface area contributed by atoms with E-state index in [0.29, 0.717) is 23.6 Å². The molecule has 0 saturated carbocycles. The summed E-state index contributed by atoms with van der Waals surface area (Å²) in [5.74, 6) is -0.440. The van der Waals surface area contributed by atoms with Crippen LogP contribution in [0.1, 0.15) is 69.2 Å². The molecule has 1 amide bonds. The van der Waals surface area contributed by atoms with Gasteiger partial charge in [-0.05, 0) is 18.9 Å². The van der Waals surface area contributed by atoms with E-state index in [4.69, 9.17) is 4.74 Å². The Balaban J connectivity index is 2.04. The summed E-state index contributed by atoms with van der Waals surface area (Å²) >= 11 is 1.37. The highest BCUT2D eigenvalue weighted by molar-refractivity contribution is 7.15. The minimum Gasteiger partial charge on any atom is -0.462 e. The molecule has 1 aromatic heterocycles. The van der Waals surface area contributed by atoms with E-state index in [1.54, 1.807) is 6.92 Å². The van der Waals surface area contributed by atoms with E-state index >= 15 is 0 Å². The molecular weight excluding hydrogens is 358 g/mol. The van der Waals surface area contributed by atoms with Crippen molar-refractivity contribution in [3.63, 3.8) is 0 Å². The molecule has 146 valence electrons. The van der Waals surface area contributed by atoms with Gasteiger partial charge in [-0.3, -0.25) is 4.79 Å². The molecule has 27 heavy (non-hydrogen) atoms. The van der Waals surface area contributed by atoms with Crippen LogP contribution in [0.2, 0.25) is 0 Å². The number of carbonyl (C=O) groups is 2. The highest BCUT2D eigenvalue weighted by Gasteiger charge is 2.22. The normalized spacial score (nSPS) is 10.6. The number of esters is 1. The second-order valence-corrected chi connectivity index (χ2v) is 7.39. The maximum absolute atomic E-state index is 12.5. The molecule has 2 aromatic rings. The lowest BCUT2D eigenvalue weighted by Gasteiger charge is -2.09. The van der Waals surface area contributed by atoms with E-state index in [2.05, 4.69) is 12.2 Å². The van der Waals surface area contributed by atoms with E-state index in [-0.39, 0.29) is 5.91 Å². The predicted octanol–water partition coefficient (Wildman–Crippen LogP) is 6.28. The van der Waals surface area contributed by atoms with Crippen LogP contribution < -0.4 is 5.32 Å². The zero-order valence-corrected chi connectivity index (χ0v) is 17.1. The molecule has 1 N–H and O–H groups in total. The zero-order valence-electron chi connectivity index (χ0n) is 16.3. The number of ether oxygens (including phenoxy) is 1. The van der Waals surface area contributed by atoms with Crippen LogP contribution in [0.5, 0.6) is 0 Å². The van der Waals surface area contributed by atoms with Crippen molar-refractivity contribution in [1.82, 2.24) is 0 Å².